The van der Waals surface area contributed by atoms with Crippen LogP contribution in [0.2, 0.25) is 0 Å². The summed E-state index contributed by atoms with van der Waals surface area (Å²) in [6, 6.07) is 5.23. The molecule has 1 aliphatic rings. The lowest BCUT2D eigenvalue weighted by Crippen LogP contribution is -2.12. The van der Waals surface area contributed by atoms with Crippen molar-refractivity contribution in [2.45, 2.75) is 25.7 Å². The molecule has 1 amide bonds. The maximum absolute atomic E-state index is 12.0. The van der Waals surface area contributed by atoms with Gasteiger partial charge in [-0.2, -0.15) is 0 Å². The minimum Gasteiger partial charge on any atom is -0.408 e. The molecule has 6 heteroatoms. The molecule has 0 atom stereocenters. The van der Waals surface area contributed by atoms with E-state index in [1.54, 1.807) is 18.2 Å². The quantitative estimate of drug-likeness (QED) is 0.822. The van der Waals surface area contributed by atoms with E-state index in [0.717, 1.165) is 18.4 Å². The molecule has 1 saturated carbocycles. The van der Waals surface area contributed by atoms with Crippen molar-refractivity contribution >= 4 is 17.6 Å². The summed E-state index contributed by atoms with van der Waals surface area (Å²) in [5, 5.41) is 10.3. The van der Waals surface area contributed by atoms with Crippen molar-refractivity contribution in [2.24, 2.45) is 0 Å². The Morgan fingerprint density at radius 3 is 2.89 bits per heavy atom. The van der Waals surface area contributed by atoms with Crippen LogP contribution in [0.15, 0.2) is 22.6 Å². The van der Waals surface area contributed by atoms with Crippen molar-refractivity contribution in [1.29, 1.82) is 0 Å². The van der Waals surface area contributed by atoms with E-state index in [4.69, 9.17) is 10.2 Å². The van der Waals surface area contributed by atoms with Gasteiger partial charge < -0.3 is 10.2 Å². The normalized spacial score (nSPS) is 14.4. The average molecular weight is 258 g/mol. The summed E-state index contributed by atoms with van der Waals surface area (Å²) >= 11 is 0. The van der Waals surface area contributed by atoms with Crippen molar-refractivity contribution in [3.8, 4) is 0 Å². The molecule has 3 N–H and O–H groups in total. The molecule has 1 fully saturated rings. The fraction of sp³-hybridized carbons (Fsp3) is 0.308. The van der Waals surface area contributed by atoms with Crippen molar-refractivity contribution in [2.75, 3.05) is 11.1 Å². The smallest absolute Gasteiger partial charge is 0.322 e. The Labute approximate surface area is 110 Å². The van der Waals surface area contributed by atoms with Crippen LogP contribution in [0.1, 0.15) is 40.6 Å². The minimum atomic E-state index is -0.283. The maximum Gasteiger partial charge on any atom is 0.322 e. The molecular weight excluding hydrogens is 244 g/mol. The Morgan fingerprint density at radius 2 is 2.21 bits per heavy atom. The lowest BCUT2D eigenvalue weighted by molar-refractivity contribution is 0.102. The van der Waals surface area contributed by atoms with Gasteiger partial charge in [0.25, 0.3) is 5.91 Å². The van der Waals surface area contributed by atoms with Crippen LogP contribution in [-0.2, 0) is 0 Å². The fourth-order valence-corrected chi connectivity index (χ4v) is 1.77. The Hall–Kier alpha value is -2.37. The number of hydrogen-bond acceptors (Lipinski definition) is 5. The van der Waals surface area contributed by atoms with Crippen LogP contribution in [0.3, 0.4) is 0 Å². The summed E-state index contributed by atoms with van der Waals surface area (Å²) in [5.74, 6) is 0.690. The van der Waals surface area contributed by atoms with E-state index in [9.17, 15) is 4.79 Å². The SMILES string of the molecule is Cc1cc(C(=O)Nc2nnc(C3CC3)o2)ccc1N. The first-order valence-electron chi connectivity index (χ1n) is 6.14. The number of carbonyl (C=O) groups excluding carboxylic acids is 1. The van der Waals surface area contributed by atoms with Gasteiger partial charge in [-0.05, 0) is 43.5 Å². The second-order valence-corrected chi connectivity index (χ2v) is 4.75. The summed E-state index contributed by atoms with van der Waals surface area (Å²) in [7, 11) is 0. The number of benzene rings is 1. The van der Waals surface area contributed by atoms with Gasteiger partial charge in [-0.15, -0.1) is 5.10 Å². The number of anilines is 2. The molecular formula is C13H14N4O2. The first-order valence-corrected chi connectivity index (χ1v) is 6.14. The molecule has 1 aromatic carbocycles. The number of rotatable bonds is 3. The monoisotopic (exact) mass is 258 g/mol. The molecule has 2 aromatic rings. The Morgan fingerprint density at radius 1 is 1.42 bits per heavy atom. The van der Waals surface area contributed by atoms with E-state index >= 15 is 0 Å². The predicted octanol–water partition coefficient (Wildman–Crippen LogP) is 2.09. The molecule has 0 radical (unpaired) electrons. The Balaban J connectivity index is 1.74. The molecule has 19 heavy (non-hydrogen) atoms. The molecule has 1 aliphatic carbocycles. The number of amides is 1. The molecule has 0 aliphatic heterocycles. The van der Waals surface area contributed by atoms with E-state index in [0.29, 0.717) is 23.1 Å². The number of aryl methyl sites for hydroxylation is 1. The van der Waals surface area contributed by atoms with Crippen LogP contribution >= 0.6 is 0 Å². The largest absolute Gasteiger partial charge is 0.408 e. The lowest BCUT2D eigenvalue weighted by Gasteiger charge is -2.04. The van der Waals surface area contributed by atoms with Gasteiger partial charge in [0.15, 0.2) is 0 Å². The van der Waals surface area contributed by atoms with Crippen LogP contribution in [0, 0.1) is 6.92 Å². The van der Waals surface area contributed by atoms with E-state index in [1.165, 1.54) is 0 Å². The number of carbonyl (C=O) groups is 1. The first kappa shape index (κ1) is 11.7. The van der Waals surface area contributed by atoms with Crippen LogP contribution < -0.4 is 11.1 Å². The van der Waals surface area contributed by atoms with E-state index in [-0.39, 0.29) is 11.9 Å². The lowest BCUT2D eigenvalue weighted by atomic mass is 10.1. The number of nitrogens with one attached hydrogen (secondary N) is 1. The van der Waals surface area contributed by atoms with Gasteiger partial charge in [0.05, 0.1) is 0 Å². The van der Waals surface area contributed by atoms with Crippen molar-refractivity contribution in [1.82, 2.24) is 10.2 Å². The number of aromatic nitrogens is 2. The van der Waals surface area contributed by atoms with Gasteiger partial charge >= 0.3 is 6.01 Å². The van der Waals surface area contributed by atoms with Gasteiger partial charge in [-0.3, -0.25) is 10.1 Å². The molecule has 1 heterocycles. The highest BCUT2D eigenvalue weighted by molar-refractivity contribution is 6.03. The molecule has 0 unspecified atom stereocenters. The predicted molar refractivity (Wildman–Crippen MR) is 69.8 cm³/mol. The average Bonchev–Trinajstić information content (AvgIpc) is 3.14. The number of nitrogens with zero attached hydrogens (tertiary/aromatic N) is 2. The standard InChI is InChI=1S/C13H14N4O2/c1-7-6-9(4-5-10(7)14)11(18)15-13-17-16-12(19-13)8-2-3-8/h4-6,8H,2-3,14H2,1H3,(H,15,17,18). The van der Waals surface area contributed by atoms with Gasteiger partial charge in [0.2, 0.25) is 5.89 Å². The molecule has 0 spiro atoms. The third-order valence-corrected chi connectivity index (χ3v) is 3.12. The van der Waals surface area contributed by atoms with E-state index in [2.05, 4.69) is 15.5 Å². The second-order valence-electron chi connectivity index (χ2n) is 4.75. The Bertz CT molecular complexity index is 631. The van der Waals surface area contributed by atoms with Crippen molar-refractivity contribution in [3.63, 3.8) is 0 Å². The summed E-state index contributed by atoms with van der Waals surface area (Å²) in [6.07, 6.45) is 2.15. The maximum atomic E-state index is 12.0. The van der Waals surface area contributed by atoms with Crippen LogP contribution in [0.5, 0.6) is 0 Å². The van der Waals surface area contributed by atoms with Crippen LogP contribution in [-0.4, -0.2) is 16.1 Å². The van der Waals surface area contributed by atoms with Crippen molar-refractivity contribution in [3.05, 3.63) is 35.2 Å². The van der Waals surface area contributed by atoms with Gasteiger partial charge in [0, 0.05) is 17.2 Å². The second kappa shape index (κ2) is 4.38. The molecule has 6 nitrogen and oxygen atoms in total. The highest BCUT2D eigenvalue weighted by atomic mass is 16.4. The van der Waals surface area contributed by atoms with Gasteiger partial charge in [-0.25, -0.2) is 0 Å². The molecule has 1 aromatic heterocycles. The van der Waals surface area contributed by atoms with E-state index in [1.807, 2.05) is 6.92 Å². The highest BCUT2D eigenvalue weighted by Gasteiger charge is 2.29. The van der Waals surface area contributed by atoms with Gasteiger partial charge in [0.1, 0.15) is 0 Å². The number of hydrogen-bond donors (Lipinski definition) is 2. The molecule has 98 valence electrons. The summed E-state index contributed by atoms with van der Waals surface area (Å²) in [4.78, 5) is 12.0. The highest BCUT2D eigenvalue weighted by Crippen LogP contribution is 2.39. The number of nitrogens with two attached hydrogens (primary N) is 1. The van der Waals surface area contributed by atoms with E-state index < -0.39 is 0 Å². The number of nitrogen functional groups attached to an aromatic ring is 1. The molecule has 3 rings (SSSR count). The van der Waals surface area contributed by atoms with Crippen LogP contribution in [0.4, 0.5) is 11.7 Å². The van der Waals surface area contributed by atoms with Crippen LogP contribution in [0.25, 0.3) is 0 Å². The van der Waals surface area contributed by atoms with Gasteiger partial charge in [-0.1, -0.05) is 5.10 Å². The molecule has 0 bridgehead atoms. The molecule has 0 saturated heterocycles. The zero-order chi connectivity index (χ0) is 13.4. The Kier molecular flexibility index (Phi) is 2.70. The third kappa shape index (κ3) is 2.42. The fourth-order valence-electron chi connectivity index (χ4n) is 1.77. The minimum absolute atomic E-state index is 0.140. The zero-order valence-corrected chi connectivity index (χ0v) is 10.5. The van der Waals surface area contributed by atoms with Crippen molar-refractivity contribution < 1.29 is 9.21 Å². The third-order valence-electron chi connectivity index (χ3n) is 3.12. The first-order chi connectivity index (χ1) is 9.13. The topological polar surface area (TPSA) is 94.0 Å². The summed E-state index contributed by atoms with van der Waals surface area (Å²) in [6.45, 7) is 1.85. The summed E-state index contributed by atoms with van der Waals surface area (Å²) < 4.78 is 5.37. The zero-order valence-electron chi connectivity index (χ0n) is 10.5. The summed E-state index contributed by atoms with van der Waals surface area (Å²) in [5.41, 5.74) is 7.74.